The van der Waals surface area contributed by atoms with Crippen LogP contribution in [-0.2, 0) is 4.79 Å². The molecule has 0 heterocycles. The molecule has 0 bridgehead atoms. The lowest BCUT2D eigenvalue weighted by Gasteiger charge is -2.15. The first-order valence-electron chi connectivity index (χ1n) is 6.03. The number of nitrogen functional groups attached to an aromatic ring is 1. The summed E-state index contributed by atoms with van der Waals surface area (Å²) in [6.45, 7) is 4.24. The van der Waals surface area contributed by atoms with E-state index in [1.165, 1.54) is 12.1 Å². The van der Waals surface area contributed by atoms with Gasteiger partial charge in [0.05, 0.1) is 4.92 Å². The van der Waals surface area contributed by atoms with Crippen LogP contribution >= 0.6 is 0 Å². The Morgan fingerprint density at radius 2 is 2.16 bits per heavy atom. The summed E-state index contributed by atoms with van der Waals surface area (Å²) in [6, 6.07) is 3.68. The minimum Gasteiger partial charge on any atom is -0.398 e. The van der Waals surface area contributed by atoms with Gasteiger partial charge in [-0.3, -0.25) is 14.9 Å². The van der Waals surface area contributed by atoms with E-state index in [9.17, 15) is 14.9 Å². The highest BCUT2D eigenvalue weighted by Crippen LogP contribution is 2.22. The standard InChI is InChI=1S/C12H18N4O3/c1-3-4-14-12(17)8(2)15-10-5-9(13)6-11(7-10)16(18)19/h5-8,15H,3-4,13H2,1-2H3,(H,14,17). The van der Waals surface area contributed by atoms with Crippen LogP contribution in [0.1, 0.15) is 20.3 Å². The molecule has 104 valence electrons. The molecule has 1 aromatic rings. The van der Waals surface area contributed by atoms with Crippen LogP contribution in [0.2, 0.25) is 0 Å². The van der Waals surface area contributed by atoms with Gasteiger partial charge >= 0.3 is 0 Å². The molecule has 0 aromatic heterocycles. The highest BCUT2D eigenvalue weighted by molar-refractivity contribution is 5.84. The van der Waals surface area contributed by atoms with E-state index in [4.69, 9.17) is 5.73 Å². The van der Waals surface area contributed by atoms with Crippen LogP contribution in [0.4, 0.5) is 17.1 Å². The Bertz CT molecular complexity index is 476. The molecule has 1 atom stereocenters. The van der Waals surface area contributed by atoms with E-state index >= 15 is 0 Å². The first-order valence-corrected chi connectivity index (χ1v) is 6.03. The second-order valence-electron chi connectivity index (χ2n) is 4.23. The van der Waals surface area contributed by atoms with E-state index < -0.39 is 11.0 Å². The summed E-state index contributed by atoms with van der Waals surface area (Å²) in [5.74, 6) is -0.160. The smallest absolute Gasteiger partial charge is 0.273 e. The summed E-state index contributed by atoms with van der Waals surface area (Å²) in [7, 11) is 0. The molecule has 7 nitrogen and oxygen atoms in total. The number of nitro groups is 1. The zero-order valence-electron chi connectivity index (χ0n) is 11.0. The quantitative estimate of drug-likeness (QED) is 0.410. The molecule has 1 unspecified atom stereocenters. The van der Waals surface area contributed by atoms with Crippen molar-refractivity contribution in [2.45, 2.75) is 26.3 Å². The van der Waals surface area contributed by atoms with Gasteiger partial charge in [0.1, 0.15) is 6.04 Å². The van der Waals surface area contributed by atoms with Crippen LogP contribution in [0.25, 0.3) is 0 Å². The monoisotopic (exact) mass is 266 g/mol. The molecule has 0 aliphatic carbocycles. The molecule has 0 spiro atoms. The van der Waals surface area contributed by atoms with Crippen LogP contribution in [0.3, 0.4) is 0 Å². The first-order chi connectivity index (χ1) is 8.93. The third kappa shape index (κ3) is 4.46. The minimum atomic E-state index is -0.524. The number of carbonyl (C=O) groups is 1. The molecule has 0 saturated carbocycles. The summed E-state index contributed by atoms with van der Waals surface area (Å²) in [5, 5.41) is 16.3. The summed E-state index contributed by atoms with van der Waals surface area (Å²) >= 11 is 0. The molecule has 0 aliphatic rings. The van der Waals surface area contributed by atoms with Gasteiger partial charge in [0, 0.05) is 30.1 Å². The molecular formula is C12H18N4O3. The Hall–Kier alpha value is -2.31. The van der Waals surface area contributed by atoms with E-state index in [-0.39, 0.29) is 17.3 Å². The third-order valence-corrected chi connectivity index (χ3v) is 2.48. The van der Waals surface area contributed by atoms with Gasteiger partial charge in [-0.05, 0) is 19.4 Å². The van der Waals surface area contributed by atoms with Gasteiger partial charge in [0.25, 0.3) is 5.69 Å². The fraction of sp³-hybridized carbons (Fsp3) is 0.417. The largest absolute Gasteiger partial charge is 0.398 e. The number of non-ortho nitro benzene ring substituents is 1. The number of nitrogens with two attached hydrogens (primary N) is 1. The van der Waals surface area contributed by atoms with E-state index in [1.807, 2.05) is 6.92 Å². The first kappa shape index (κ1) is 14.7. The maximum Gasteiger partial charge on any atom is 0.273 e. The van der Waals surface area contributed by atoms with Crippen molar-refractivity contribution >= 4 is 23.0 Å². The average molecular weight is 266 g/mol. The molecular weight excluding hydrogens is 248 g/mol. The lowest BCUT2D eigenvalue weighted by Crippen LogP contribution is -2.37. The predicted octanol–water partition coefficient (Wildman–Crippen LogP) is 1.50. The van der Waals surface area contributed by atoms with Gasteiger partial charge in [0.15, 0.2) is 0 Å². The van der Waals surface area contributed by atoms with Crippen molar-refractivity contribution in [2.24, 2.45) is 0 Å². The molecule has 0 aliphatic heterocycles. The highest BCUT2D eigenvalue weighted by atomic mass is 16.6. The Labute approximate surface area is 111 Å². The average Bonchev–Trinajstić information content (AvgIpc) is 2.34. The number of nitro benzene ring substituents is 1. The van der Waals surface area contributed by atoms with Crippen molar-refractivity contribution in [2.75, 3.05) is 17.6 Å². The molecule has 1 rings (SSSR count). The number of hydrogen-bond acceptors (Lipinski definition) is 5. The number of amides is 1. The topological polar surface area (TPSA) is 110 Å². The van der Waals surface area contributed by atoms with Crippen LogP contribution in [0.15, 0.2) is 18.2 Å². The number of nitrogens with zero attached hydrogens (tertiary/aromatic N) is 1. The Morgan fingerprint density at radius 1 is 1.47 bits per heavy atom. The summed E-state index contributed by atoms with van der Waals surface area (Å²) in [6.07, 6.45) is 0.849. The normalized spacial score (nSPS) is 11.7. The second kappa shape index (κ2) is 6.58. The van der Waals surface area contributed by atoms with E-state index in [0.717, 1.165) is 6.42 Å². The zero-order valence-corrected chi connectivity index (χ0v) is 11.0. The van der Waals surface area contributed by atoms with Gasteiger partial charge in [-0.25, -0.2) is 0 Å². The Morgan fingerprint density at radius 3 is 2.74 bits per heavy atom. The van der Waals surface area contributed by atoms with E-state index in [2.05, 4.69) is 10.6 Å². The number of carbonyl (C=O) groups excluding carboxylic acids is 1. The SMILES string of the molecule is CCCNC(=O)C(C)Nc1cc(N)cc([N+](=O)[O-])c1. The fourth-order valence-corrected chi connectivity index (χ4v) is 1.54. The Kier molecular flexibility index (Phi) is 5.11. The molecule has 1 amide bonds. The van der Waals surface area contributed by atoms with Gasteiger partial charge in [-0.2, -0.15) is 0 Å². The van der Waals surface area contributed by atoms with Crippen molar-refractivity contribution in [1.29, 1.82) is 0 Å². The lowest BCUT2D eigenvalue weighted by molar-refractivity contribution is -0.384. The predicted molar refractivity (Wildman–Crippen MR) is 73.9 cm³/mol. The van der Waals surface area contributed by atoms with Crippen molar-refractivity contribution in [3.8, 4) is 0 Å². The highest BCUT2D eigenvalue weighted by Gasteiger charge is 2.14. The maximum atomic E-state index is 11.7. The maximum absolute atomic E-state index is 11.7. The van der Waals surface area contributed by atoms with E-state index in [1.54, 1.807) is 13.0 Å². The van der Waals surface area contributed by atoms with Gasteiger partial charge in [-0.15, -0.1) is 0 Å². The summed E-state index contributed by atoms with van der Waals surface area (Å²) in [5.41, 5.74) is 6.20. The molecule has 4 N–H and O–H groups in total. The van der Waals surface area contributed by atoms with Gasteiger partial charge in [0.2, 0.25) is 5.91 Å². The van der Waals surface area contributed by atoms with Crippen LogP contribution in [0.5, 0.6) is 0 Å². The number of hydrogen-bond donors (Lipinski definition) is 3. The lowest BCUT2D eigenvalue weighted by atomic mass is 10.2. The van der Waals surface area contributed by atoms with Crippen LogP contribution in [0, 0.1) is 10.1 Å². The van der Waals surface area contributed by atoms with Crippen molar-refractivity contribution < 1.29 is 9.72 Å². The van der Waals surface area contributed by atoms with Crippen LogP contribution in [-0.4, -0.2) is 23.4 Å². The van der Waals surface area contributed by atoms with Crippen molar-refractivity contribution in [3.63, 3.8) is 0 Å². The molecule has 0 fully saturated rings. The second-order valence-corrected chi connectivity index (χ2v) is 4.23. The van der Waals surface area contributed by atoms with Crippen LogP contribution < -0.4 is 16.4 Å². The molecule has 7 heteroatoms. The number of nitrogens with one attached hydrogen (secondary N) is 2. The molecule has 19 heavy (non-hydrogen) atoms. The minimum absolute atomic E-state index is 0.108. The van der Waals surface area contributed by atoms with Crippen molar-refractivity contribution in [3.05, 3.63) is 28.3 Å². The number of anilines is 2. The summed E-state index contributed by atoms with van der Waals surface area (Å²) < 4.78 is 0. The molecule has 1 aromatic carbocycles. The van der Waals surface area contributed by atoms with Crippen molar-refractivity contribution in [1.82, 2.24) is 5.32 Å². The molecule has 0 radical (unpaired) electrons. The number of rotatable bonds is 6. The number of benzene rings is 1. The third-order valence-electron chi connectivity index (χ3n) is 2.48. The summed E-state index contributed by atoms with van der Waals surface area (Å²) in [4.78, 5) is 21.9. The van der Waals surface area contributed by atoms with Gasteiger partial charge in [-0.1, -0.05) is 6.92 Å². The Balaban J connectivity index is 2.76. The van der Waals surface area contributed by atoms with Gasteiger partial charge < -0.3 is 16.4 Å². The fourth-order valence-electron chi connectivity index (χ4n) is 1.54. The zero-order chi connectivity index (χ0) is 14.4. The van der Waals surface area contributed by atoms with E-state index in [0.29, 0.717) is 12.2 Å². The molecule has 0 saturated heterocycles.